The number of aliphatic carboxylic acids is 1. The van der Waals surface area contributed by atoms with Gasteiger partial charge in [-0.05, 0) is 0 Å². The van der Waals surface area contributed by atoms with Crippen LogP contribution in [0.15, 0.2) is 0 Å². The average molecular weight is 554 g/mol. The fourth-order valence-electron chi connectivity index (χ4n) is 0.151. The van der Waals surface area contributed by atoms with Crippen LogP contribution in [0.5, 0.6) is 0 Å². The number of rotatable bonds is 2. The molecule has 1 N–H and O–H groups in total. The summed E-state index contributed by atoms with van der Waals surface area (Å²) in [6, 6.07) is 0. The maximum absolute atomic E-state index is 9.89. The summed E-state index contributed by atoms with van der Waals surface area (Å²) in [5.74, 6) is -0.275. The fraction of sp³-hybridized carbons (Fsp3) is 0.600. The van der Waals surface area contributed by atoms with Crippen LogP contribution in [0.25, 0.3) is 0 Å². The molecule has 0 unspecified atom stereocenters. The van der Waals surface area contributed by atoms with E-state index in [1.54, 1.807) is 6.92 Å². The Morgan fingerprint density at radius 1 is 1.67 bits per heavy atom. The summed E-state index contributed by atoms with van der Waals surface area (Å²) in [5.41, 5.74) is 0. The Labute approximate surface area is 62.9 Å². The third-order valence-electron chi connectivity index (χ3n) is 0.895. The molecule has 0 aliphatic carbocycles. The van der Waals surface area contributed by atoms with Gasteiger partial charge < -0.3 is 5.11 Å². The van der Waals surface area contributed by atoms with Gasteiger partial charge in [-0.25, -0.2) is 0 Å². The molecule has 0 atom stereocenters. The second kappa shape index (κ2) is 7.00. The molecule has 0 rings (SSSR count). The zero-order valence-electron chi connectivity index (χ0n) is 5.65. The van der Waals surface area contributed by atoms with Gasteiger partial charge in [0.15, 0.2) is 5.97 Å². The van der Waals surface area contributed by atoms with Crippen LogP contribution in [-0.4, -0.2) is 11.1 Å². The molecule has 0 aromatic carbocycles. The van der Waals surface area contributed by atoms with E-state index < -0.39 is 5.97 Å². The van der Waals surface area contributed by atoms with Gasteiger partial charge >= 0.3 is 0 Å². The summed E-state index contributed by atoms with van der Waals surface area (Å²) in [6.07, 6.45) is 0.634. The van der Waals surface area contributed by atoms with Crippen molar-refractivity contribution in [2.45, 2.75) is 20.3 Å². The predicted molar refractivity (Wildman–Crippen MR) is 26.8 cm³/mol. The van der Waals surface area contributed by atoms with Gasteiger partial charge in [0.1, 0.15) is 0 Å². The average Bonchev–Trinajstić information content (AvgIpc) is 1.65. The van der Waals surface area contributed by atoms with E-state index in [1.807, 2.05) is 6.92 Å². The summed E-state index contributed by atoms with van der Waals surface area (Å²) in [4.78, 5) is 9.89. The molecule has 0 saturated carbocycles. The normalized spacial score (nSPS) is 6.44. The van der Waals surface area contributed by atoms with Crippen molar-refractivity contribution in [2.75, 3.05) is 0 Å². The standard InChI is InChI=1S/C5H9O2.Re.Rf/c1-3-4(2)5(6)7;;/h3H2,1-2H3,(H,6,7);;/q-1;;. The Bertz CT molecular complexity index is 77.4. The van der Waals surface area contributed by atoms with Crippen molar-refractivity contribution < 1.29 is 30.3 Å². The monoisotopic (exact) mass is 555 g/mol. The summed E-state index contributed by atoms with van der Waals surface area (Å²) < 4.78 is 0. The van der Waals surface area contributed by atoms with Crippen molar-refractivity contribution in [3.63, 3.8) is 0 Å². The molecule has 0 heterocycles. The molecule has 0 spiro atoms. The Kier molecular flexibility index (Phi) is 12.2. The minimum atomic E-state index is -0.789. The molecule has 0 aliphatic heterocycles. The Morgan fingerprint density at radius 2 is 2.00 bits per heavy atom. The van der Waals surface area contributed by atoms with Crippen molar-refractivity contribution in [3.8, 4) is 0 Å². The van der Waals surface area contributed by atoms with Crippen LogP contribution in [0.3, 0.4) is 0 Å². The van der Waals surface area contributed by atoms with Gasteiger partial charge in [0.2, 0.25) is 0 Å². The predicted octanol–water partition coefficient (Wildman–Crippen LogP) is 1.07. The third-order valence-corrected chi connectivity index (χ3v) is 0.895. The number of carboxylic acids is 1. The van der Waals surface area contributed by atoms with E-state index in [2.05, 4.69) is 0 Å². The zero-order valence-corrected chi connectivity index (χ0v) is 14.8. The summed E-state index contributed by atoms with van der Waals surface area (Å²) in [5, 5.41) is 8.14. The molecule has 0 bridgehead atoms. The molecule has 4 heteroatoms. The van der Waals surface area contributed by atoms with Crippen LogP contribution in [0.4, 0.5) is 0 Å². The van der Waals surface area contributed by atoms with Gasteiger partial charge in [0.25, 0.3) is 0 Å². The second-order valence-corrected chi connectivity index (χ2v) is 1.44. The first-order valence-corrected chi connectivity index (χ1v) is 2.24. The molecule has 51 valence electrons. The molecule has 0 saturated heterocycles. The first kappa shape index (κ1) is 15.7. The van der Waals surface area contributed by atoms with E-state index in [4.69, 9.17) is 5.11 Å². The summed E-state index contributed by atoms with van der Waals surface area (Å²) >= 11 is 0. The number of hydrogen-bond donors (Lipinski definition) is 1. The van der Waals surface area contributed by atoms with Crippen LogP contribution in [0, 0.1) is 5.92 Å². The summed E-state index contributed by atoms with van der Waals surface area (Å²) in [7, 11) is 0. The minimum absolute atomic E-state index is 0. The molecule has 2 nitrogen and oxygen atoms in total. The van der Waals surface area contributed by atoms with Gasteiger partial charge in [0.05, 0.1) is 0 Å². The molecule has 0 amide bonds. The van der Waals surface area contributed by atoms with E-state index in [1.165, 1.54) is 0 Å². The van der Waals surface area contributed by atoms with Gasteiger partial charge in [-0.1, -0.05) is 6.92 Å². The van der Waals surface area contributed by atoms with E-state index >= 15 is 0 Å². The van der Waals surface area contributed by atoms with Gasteiger partial charge in [-0.3, -0.25) is 10.7 Å². The van der Waals surface area contributed by atoms with E-state index in [0.717, 1.165) is 0 Å². The van der Waals surface area contributed by atoms with Crippen LogP contribution in [0.1, 0.15) is 20.3 Å². The molecule has 1 radical (unpaired) electrons. The largest absolute Gasteiger partial charge is 0.503 e. The van der Waals surface area contributed by atoms with Crippen LogP contribution >= 0.6 is 0 Å². The zero-order chi connectivity index (χ0) is 5.86. The molecular weight excluding hydrogens is 545 g/mol. The van der Waals surface area contributed by atoms with Gasteiger partial charge in [-0.15, -0.1) is 0 Å². The molecule has 0 aliphatic rings. The first-order chi connectivity index (χ1) is 3.18. The Hall–Kier alpha value is -0.998. The van der Waals surface area contributed by atoms with Crippen LogP contribution in [0.2, 0.25) is 0 Å². The van der Waals surface area contributed by atoms with Crippen molar-refractivity contribution in [1.29, 1.82) is 0 Å². The SMILES string of the molecule is CC[C-](C)C(=O)O.[Re].[Rf]. The molecule has 0 aromatic rings. The minimum Gasteiger partial charge on any atom is -0.503 e. The quantitative estimate of drug-likeness (QED) is 0.520. The van der Waals surface area contributed by atoms with E-state index in [-0.39, 0.29) is 20.4 Å². The molecule has 0 fully saturated rings. The van der Waals surface area contributed by atoms with Crippen molar-refractivity contribution in [2.24, 2.45) is 0 Å². The van der Waals surface area contributed by atoms with Gasteiger partial charge in [-0.2, -0.15) is 13.3 Å². The Balaban J connectivity index is -0.000000180. The van der Waals surface area contributed by atoms with Crippen LogP contribution < -0.4 is 0 Å². The van der Waals surface area contributed by atoms with Gasteiger partial charge in [0, 0.05) is 20.4 Å². The van der Waals surface area contributed by atoms with Crippen LogP contribution in [-0.2, 0) is 25.2 Å². The number of carboxylic acid groups (broad SMARTS) is 1. The summed E-state index contributed by atoms with van der Waals surface area (Å²) in [6.45, 7) is 3.44. The van der Waals surface area contributed by atoms with E-state index in [9.17, 15) is 4.79 Å². The number of carbonyl (C=O) groups is 1. The smallest absolute Gasteiger partial charge is 0.166 e. The maximum Gasteiger partial charge on any atom is 0.166 e. The van der Waals surface area contributed by atoms with Crippen molar-refractivity contribution in [1.82, 2.24) is 0 Å². The maximum atomic E-state index is 9.89. The van der Waals surface area contributed by atoms with Crippen molar-refractivity contribution in [3.05, 3.63) is 5.92 Å². The first-order valence-electron chi connectivity index (χ1n) is 2.24. The number of hydrogen-bond acceptors (Lipinski definition) is 1. The second-order valence-electron chi connectivity index (χ2n) is 1.44. The topological polar surface area (TPSA) is 37.3 Å². The van der Waals surface area contributed by atoms with E-state index in [0.29, 0.717) is 12.3 Å². The molecule has 0 aromatic heterocycles. The molecular formula is C5H9O2ReRf-. The van der Waals surface area contributed by atoms with Crippen molar-refractivity contribution >= 4 is 5.97 Å². The fourth-order valence-corrected chi connectivity index (χ4v) is 0.151. The Morgan fingerprint density at radius 3 is 2.00 bits per heavy atom. The molecule has 9 heavy (non-hydrogen) atoms. The third kappa shape index (κ3) is 7.00.